The molecule has 0 amide bonds. The van der Waals surface area contributed by atoms with Gasteiger partial charge < -0.3 is 19.0 Å². The van der Waals surface area contributed by atoms with Crippen LogP contribution in [-0.2, 0) is 4.74 Å². The van der Waals surface area contributed by atoms with Crippen LogP contribution < -0.4 is 4.74 Å². The van der Waals surface area contributed by atoms with E-state index >= 15 is 0 Å². The number of rotatable bonds is 3. The van der Waals surface area contributed by atoms with Crippen molar-refractivity contribution in [3.63, 3.8) is 0 Å². The molecule has 112 valence electrons. The predicted octanol–water partition coefficient (Wildman–Crippen LogP) is 3.98. The number of fused-ring (bicyclic) bond motifs is 3. The second-order valence-electron chi connectivity index (χ2n) is 6.29. The fourth-order valence-corrected chi connectivity index (χ4v) is 4.02. The second kappa shape index (κ2) is 4.85. The van der Waals surface area contributed by atoms with Crippen LogP contribution in [0.25, 0.3) is 11.0 Å². The number of nitrogens with zero attached hydrogens (tertiary/aromatic N) is 1. The molecule has 2 aliphatic heterocycles. The Morgan fingerprint density at radius 3 is 2.90 bits per heavy atom. The van der Waals surface area contributed by atoms with Crippen LogP contribution in [0, 0.1) is 4.77 Å². The molecule has 0 saturated carbocycles. The molecular weight excluding hydrogens is 284 g/mol. The maximum atomic E-state index is 6.00. The fourth-order valence-electron chi connectivity index (χ4n) is 3.69. The normalized spacial score (nSPS) is 27.9. The molecule has 1 aromatic carbocycles. The molecule has 4 nitrogen and oxygen atoms in total. The van der Waals surface area contributed by atoms with Gasteiger partial charge in [0.05, 0.1) is 29.9 Å². The summed E-state index contributed by atoms with van der Waals surface area (Å²) in [5.74, 6) is 0.872. The minimum absolute atomic E-state index is 0.145. The molecule has 0 aliphatic carbocycles. The van der Waals surface area contributed by atoms with E-state index in [0.717, 1.165) is 34.4 Å². The molecule has 1 N–H and O–H groups in total. The standard InChI is InChI=1S/C16H20N2O2S/c1-9(2)19-14-5-3-4-11-15(14)17-16(21)18(11)12-8-10-6-7-13(12)20-10/h3-5,9-10,12-13H,6-8H2,1-2H3,(H,17,21). The highest BCUT2D eigenvalue weighted by Crippen LogP contribution is 2.43. The highest BCUT2D eigenvalue weighted by atomic mass is 32.1. The lowest BCUT2D eigenvalue weighted by atomic mass is 9.95. The molecule has 0 spiro atoms. The lowest BCUT2D eigenvalue weighted by Crippen LogP contribution is -2.20. The van der Waals surface area contributed by atoms with Gasteiger partial charge in [0.15, 0.2) is 4.77 Å². The molecule has 21 heavy (non-hydrogen) atoms. The number of aromatic nitrogens is 2. The van der Waals surface area contributed by atoms with Gasteiger partial charge in [-0.05, 0) is 57.5 Å². The Balaban J connectivity index is 1.83. The lowest BCUT2D eigenvalue weighted by Gasteiger charge is -2.21. The number of benzene rings is 1. The Bertz CT molecular complexity index is 733. The molecule has 3 atom stereocenters. The molecule has 2 aromatic rings. The van der Waals surface area contributed by atoms with Crippen LogP contribution in [0.15, 0.2) is 18.2 Å². The van der Waals surface area contributed by atoms with Crippen molar-refractivity contribution >= 4 is 23.3 Å². The first-order chi connectivity index (χ1) is 10.1. The monoisotopic (exact) mass is 304 g/mol. The minimum atomic E-state index is 0.145. The molecule has 2 bridgehead atoms. The van der Waals surface area contributed by atoms with Gasteiger partial charge in [0.25, 0.3) is 0 Å². The van der Waals surface area contributed by atoms with E-state index in [1.165, 1.54) is 6.42 Å². The van der Waals surface area contributed by atoms with Gasteiger partial charge in [-0.15, -0.1) is 0 Å². The Morgan fingerprint density at radius 1 is 1.38 bits per heavy atom. The first kappa shape index (κ1) is 13.3. The molecule has 3 heterocycles. The zero-order valence-electron chi connectivity index (χ0n) is 12.3. The van der Waals surface area contributed by atoms with Gasteiger partial charge in [-0.2, -0.15) is 0 Å². The van der Waals surface area contributed by atoms with E-state index in [2.05, 4.69) is 15.6 Å². The van der Waals surface area contributed by atoms with Crippen molar-refractivity contribution in [2.75, 3.05) is 0 Å². The molecule has 0 radical (unpaired) electrons. The lowest BCUT2D eigenvalue weighted by molar-refractivity contribution is 0.0941. The summed E-state index contributed by atoms with van der Waals surface area (Å²) in [5, 5.41) is 0. The number of aromatic amines is 1. The minimum Gasteiger partial charge on any atom is -0.489 e. The van der Waals surface area contributed by atoms with E-state index in [9.17, 15) is 0 Å². The molecule has 2 aliphatic rings. The fraction of sp³-hybridized carbons (Fsp3) is 0.562. The third kappa shape index (κ3) is 2.10. The van der Waals surface area contributed by atoms with E-state index in [1.54, 1.807) is 0 Å². The van der Waals surface area contributed by atoms with Gasteiger partial charge in [0.2, 0.25) is 0 Å². The highest BCUT2D eigenvalue weighted by molar-refractivity contribution is 7.71. The molecule has 3 unspecified atom stereocenters. The smallest absolute Gasteiger partial charge is 0.178 e. The Labute approximate surface area is 129 Å². The second-order valence-corrected chi connectivity index (χ2v) is 6.68. The average molecular weight is 304 g/mol. The number of imidazole rings is 1. The summed E-state index contributed by atoms with van der Waals surface area (Å²) in [6, 6.07) is 6.50. The van der Waals surface area contributed by atoms with Gasteiger partial charge >= 0.3 is 0 Å². The van der Waals surface area contributed by atoms with Crippen molar-refractivity contribution in [2.24, 2.45) is 0 Å². The molecule has 2 saturated heterocycles. The first-order valence-electron chi connectivity index (χ1n) is 7.69. The van der Waals surface area contributed by atoms with Gasteiger partial charge in [-0.3, -0.25) is 0 Å². The number of hydrogen-bond donors (Lipinski definition) is 1. The SMILES string of the molecule is CC(C)Oc1cccc2c1[nH]c(=S)n2C1CC2CCC1O2. The van der Waals surface area contributed by atoms with Crippen LogP contribution in [0.1, 0.15) is 39.2 Å². The molecular formula is C16H20N2O2S. The van der Waals surface area contributed by atoms with Crippen molar-refractivity contribution in [1.29, 1.82) is 0 Å². The Hall–Kier alpha value is -1.33. The third-order valence-corrected chi connectivity index (χ3v) is 4.78. The quantitative estimate of drug-likeness (QED) is 0.872. The maximum Gasteiger partial charge on any atom is 0.178 e. The van der Waals surface area contributed by atoms with E-state index in [0.29, 0.717) is 18.2 Å². The number of H-pyrrole nitrogens is 1. The van der Waals surface area contributed by atoms with E-state index < -0.39 is 0 Å². The van der Waals surface area contributed by atoms with Crippen LogP contribution >= 0.6 is 12.2 Å². The topological polar surface area (TPSA) is 39.2 Å². The zero-order valence-corrected chi connectivity index (χ0v) is 13.2. The number of para-hydroxylation sites is 1. The zero-order chi connectivity index (χ0) is 14.6. The molecule has 4 rings (SSSR count). The average Bonchev–Trinajstić information content (AvgIpc) is 3.11. The number of nitrogens with one attached hydrogen (secondary N) is 1. The van der Waals surface area contributed by atoms with Crippen molar-refractivity contribution in [3.8, 4) is 5.75 Å². The summed E-state index contributed by atoms with van der Waals surface area (Å²) in [6.45, 7) is 4.07. The van der Waals surface area contributed by atoms with Crippen molar-refractivity contribution in [3.05, 3.63) is 23.0 Å². The summed E-state index contributed by atoms with van der Waals surface area (Å²) >= 11 is 5.57. The van der Waals surface area contributed by atoms with Gasteiger partial charge in [0.1, 0.15) is 11.3 Å². The van der Waals surface area contributed by atoms with E-state index in [1.807, 2.05) is 26.0 Å². The van der Waals surface area contributed by atoms with Crippen LogP contribution in [0.4, 0.5) is 0 Å². The Kier molecular flexibility index (Phi) is 3.08. The van der Waals surface area contributed by atoms with Crippen molar-refractivity contribution in [1.82, 2.24) is 9.55 Å². The molecule has 5 heteroatoms. The van der Waals surface area contributed by atoms with E-state index in [-0.39, 0.29) is 6.10 Å². The summed E-state index contributed by atoms with van der Waals surface area (Å²) < 4.78 is 14.9. The van der Waals surface area contributed by atoms with E-state index in [4.69, 9.17) is 21.7 Å². The van der Waals surface area contributed by atoms with Crippen molar-refractivity contribution < 1.29 is 9.47 Å². The highest BCUT2D eigenvalue weighted by Gasteiger charge is 2.42. The number of hydrogen-bond acceptors (Lipinski definition) is 3. The largest absolute Gasteiger partial charge is 0.489 e. The first-order valence-corrected chi connectivity index (χ1v) is 8.09. The van der Waals surface area contributed by atoms with Crippen LogP contribution in [0.3, 0.4) is 0 Å². The van der Waals surface area contributed by atoms with Gasteiger partial charge in [-0.25, -0.2) is 0 Å². The summed E-state index contributed by atoms with van der Waals surface area (Å²) in [6.07, 6.45) is 4.29. The van der Waals surface area contributed by atoms with Crippen LogP contribution in [-0.4, -0.2) is 27.9 Å². The molecule has 1 aromatic heterocycles. The summed E-state index contributed by atoms with van der Waals surface area (Å²) in [4.78, 5) is 3.33. The van der Waals surface area contributed by atoms with Crippen LogP contribution in [0.2, 0.25) is 0 Å². The predicted molar refractivity (Wildman–Crippen MR) is 84.4 cm³/mol. The third-order valence-electron chi connectivity index (χ3n) is 4.48. The summed E-state index contributed by atoms with van der Waals surface area (Å²) in [7, 11) is 0. The Morgan fingerprint density at radius 2 is 2.24 bits per heavy atom. The summed E-state index contributed by atoms with van der Waals surface area (Å²) in [5.41, 5.74) is 2.12. The van der Waals surface area contributed by atoms with Gasteiger partial charge in [0, 0.05) is 0 Å². The molecule has 2 fully saturated rings. The number of ether oxygens (including phenoxy) is 2. The maximum absolute atomic E-state index is 6.00. The van der Waals surface area contributed by atoms with Crippen molar-refractivity contribution in [2.45, 2.75) is 57.5 Å². The van der Waals surface area contributed by atoms with Crippen LogP contribution in [0.5, 0.6) is 5.75 Å². The van der Waals surface area contributed by atoms with Gasteiger partial charge in [-0.1, -0.05) is 6.07 Å².